The molecule has 0 amide bonds. The number of methoxy groups -OCH3 is 2. The van der Waals surface area contributed by atoms with Crippen LogP contribution < -0.4 is 14.9 Å². The first-order valence-corrected chi connectivity index (χ1v) is 10.8. The highest BCUT2D eigenvalue weighted by atomic mass is 19.1. The number of pyridine rings is 1. The molecule has 0 N–H and O–H groups in total. The number of benzene rings is 1. The van der Waals surface area contributed by atoms with Gasteiger partial charge in [0.2, 0.25) is 0 Å². The summed E-state index contributed by atoms with van der Waals surface area (Å²) in [4.78, 5) is 25.1. The second kappa shape index (κ2) is 8.94. The predicted molar refractivity (Wildman–Crippen MR) is 116 cm³/mol. The third-order valence-corrected chi connectivity index (χ3v) is 6.20. The number of carbonyl (C=O) groups excluding carboxylic acids is 1. The lowest BCUT2D eigenvalue weighted by molar-refractivity contribution is 0.0336. The third-order valence-electron chi connectivity index (χ3n) is 6.20. The number of alkyl halides is 1. The molecule has 2 aromatic rings. The molecular weight excluding hydrogens is 417 g/mol. The van der Waals surface area contributed by atoms with Crippen molar-refractivity contribution in [3.63, 3.8) is 0 Å². The van der Waals surface area contributed by atoms with Gasteiger partial charge >= 0.3 is 5.97 Å². The maximum Gasteiger partial charge on any atom is 0.343 e. The minimum Gasteiger partial charge on any atom is -0.493 e. The molecule has 2 heterocycles. The minimum absolute atomic E-state index is 0.0363. The summed E-state index contributed by atoms with van der Waals surface area (Å²) in [6.45, 7) is 2.92. The number of rotatable bonds is 8. The van der Waals surface area contributed by atoms with Gasteiger partial charge in [-0.25, -0.2) is 9.18 Å². The highest BCUT2D eigenvalue weighted by Gasteiger charge is 2.49. The molecule has 4 rings (SSSR count). The lowest BCUT2D eigenvalue weighted by Crippen LogP contribution is -2.51. The fraction of sp³-hybridized carbons (Fsp3) is 0.500. The van der Waals surface area contributed by atoms with Gasteiger partial charge in [0.05, 0.1) is 31.6 Å². The summed E-state index contributed by atoms with van der Waals surface area (Å²) in [5, 5.41) is 0. The molecule has 32 heavy (non-hydrogen) atoms. The van der Waals surface area contributed by atoms with Crippen LogP contribution in [0.1, 0.15) is 42.1 Å². The molecule has 0 radical (unpaired) electrons. The van der Waals surface area contributed by atoms with Crippen LogP contribution in [0.2, 0.25) is 0 Å². The van der Waals surface area contributed by atoms with E-state index < -0.39 is 23.1 Å². The Balaban J connectivity index is 1.80. The van der Waals surface area contributed by atoms with Gasteiger partial charge in [-0.2, -0.15) is 0 Å². The first kappa shape index (κ1) is 22.3. The van der Waals surface area contributed by atoms with Crippen molar-refractivity contribution in [2.45, 2.75) is 44.3 Å². The van der Waals surface area contributed by atoms with Crippen LogP contribution in [0.4, 0.5) is 4.39 Å². The standard InChI is InChI=1S/C24H28FNO6/c1-4-31-23(28)18-14-26-19(10-20(18)27)17-9-21(30-3)22(32-7-5-6-29-2)8-15(17)11-24(26)12-16(25)13-24/h8-10,14,16H,4-7,11-13H2,1-3H3. The number of esters is 1. The average molecular weight is 445 g/mol. The lowest BCUT2D eigenvalue weighted by atomic mass is 9.68. The zero-order valence-corrected chi connectivity index (χ0v) is 18.6. The van der Waals surface area contributed by atoms with E-state index in [4.69, 9.17) is 18.9 Å². The summed E-state index contributed by atoms with van der Waals surface area (Å²) >= 11 is 0. The monoisotopic (exact) mass is 445 g/mol. The zero-order chi connectivity index (χ0) is 22.9. The molecule has 0 bridgehead atoms. The summed E-state index contributed by atoms with van der Waals surface area (Å²) in [5.74, 6) is 0.484. The summed E-state index contributed by atoms with van der Waals surface area (Å²) < 4.78 is 37.5. The lowest BCUT2D eigenvalue weighted by Gasteiger charge is -2.50. The smallest absolute Gasteiger partial charge is 0.343 e. The largest absolute Gasteiger partial charge is 0.493 e. The molecule has 8 heteroatoms. The molecule has 1 aliphatic heterocycles. The zero-order valence-electron chi connectivity index (χ0n) is 18.6. The van der Waals surface area contributed by atoms with Crippen LogP contribution in [0.15, 0.2) is 29.2 Å². The average Bonchev–Trinajstić information content (AvgIpc) is 2.75. The van der Waals surface area contributed by atoms with E-state index in [0.29, 0.717) is 49.7 Å². The van der Waals surface area contributed by atoms with Crippen LogP contribution >= 0.6 is 0 Å². The Bertz CT molecular complexity index is 1070. The summed E-state index contributed by atoms with van der Waals surface area (Å²) in [5.41, 5.74) is 1.42. The Morgan fingerprint density at radius 2 is 1.97 bits per heavy atom. The Morgan fingerprint density at radius 1 is 1.19 bits per heavy atom. The molecule has 0 atom stereocenters. The van der Waals surface area contributed by atoms with Crippen LogP contribution in [-0.4, -0.2) is 50.7 Å². The fourth-order valence-electron chi connectivity index (χ4n) is 4.69. The molecule has 1 aliphatic carbocycles. The molecule has 1 spiro atoms. The molecule has 1 fully saturated rings. The van der Waals surface area contributed by atoms with Crippen molar-refractivity contribution in [2.24, 2.45) is 0 Å². The van der Waals surface area contributed by atoms with Gasteiger partial charge in [-0.15, -0.1) is 0 Å². The Morgan fingerprint density at radius 3 is 2.62 bits per heavy atom. The van der Waals surface area contributed by atoms with E-state index in [2.05, 4.69) is 0 Å². The van der Waals surface area contributed by atoms with E-state index in [-0.39, 0.29) is 12.2 Å². The van der Waals surface area contributed by atoms with Crippen LogP contribution in [-0.2, 0) is 21.4 Å². The van der Waals surface area contributed by atoms with Crippen molar-refractivity contribution in [3.05, 3.63) is 45.7 Å². The van der Waals surface area contributed by atoms with Gasteiger partial charge in [0.15, 0.2) is 16.9 Å². The number of hydrogen-bond acceptors (Lipinski definition) is 6. The number of carbonyl (C=O) groups is 1. The molecule has 1 aromatic heterocycles. The van der Waals surface area contributed by atoms with E-state index >= 15 is 0 Å². The van der Waals surface area contributed by atoms with E-state index in [1.807, 2.05) is 16.7 Å². The van der Waals surface area contributed by atoms with E-state index in [1.54, 1.807) is 21.1 Å². The van der Waals surface area contributed by atoms with Gasteiger partial charge < -0.3 is 23.5 Å². The van der Waals surface area contributed by atoms with Crippen molar-refractivity contribution in [1.29, 1.82) is 0 Å². The number of halogens is 1. The van der Waals surface area contributed by atoms with Gasteiger partial charge in [0.1, 0.15) is 11.7 Å². The van der Waals surface area contributed by atoms with Crippen LogP contribution in [0.3, 0.4) is 0 Å². The van der Waals surface area contributed by atoms with Gasteiger partial charge in [-0.3, -0.25) is 4.79 Å². The number of fused-ring (bicyclic) bond motifs is 4. The molecule has 2 aliphatic rings. The first-order valence-electron chi connectivity index (χ1n) is 10.8. The Labute approximate surface area is 186 Å². The fourth-order valence-corrected chi connectivity index (χ4v) is 4.69. The minimum atomic E-state index is -0.919. The molecule has 172 valence electrons. The number of aromatic nitrogens is 1. The van der Waals surface area contributed by atoms with Crippen molar-refractivity contribution >= 4 is 5.97 Å². The van der Waals surface area contributed by atoms with Crippen molar-refractivity contribution in [3.8, 4) is 22.8 Å². The number of nitrogens with zero attached hydrogens (tertiary/aromatic N) is 1. The van der Waals surface area contributed by atoms with Crippen molar-refractivity contribution in [2.75, 3.05) is 34.0 Å². The second-order valence-electron chi connectivity index (χ2n) is 8.29. The Kier molecular flexibility index (Phi) is 6.24. The van der Waals surface area contributed by atoms with Crippen molar-refractivity contribution < 1.29 is 28.1 Å². The number of ether oxygens (including phenoxy) is 4. The van der Waals surface area contributed by atoms with Crippen LogP contribution in [0.5, 0.6) is 11.5 Å². The Hall–Kier alpha value is -2.87. The van der Waals surface area contributed by atoms with Gasteiger partial charge in [-0.05, 0) is 31.0 Å². The highest BCUT2D eigenvalue weighted by molar-refractivity contribution is 5.89. The molecule has 7 nitrogen and oxygen atoms in total. The predicted octanol–water partition coefficient (Wildman–Crippen LogP) is 3.50. The molecule has 0 saturated heterocycles. The SMILES string of the molecule is CCOC(=O)c1cn2c(cc1=O)-c1cc(OC)c(OCCCOC)cc1CC21CC(F)C1. The quantitative estimate of drug-likeness (QED) is 0.457. The van der Waals surface area contributed by atoms with E-state index in [1.165, 1.54) is 12.3 Å². The maximum atomic E-state index is 14.1. The van der Waals surface area contributed by atoms with Gasteiger partial charge in [0, 0.05) is 50.8 Å². The third kappa shape index (κ3) is 3.88. The number of hydrogen-bond donors (Lipinski definition) is 0. The second-order valence-corrected chi connectivity index (χ2v) is 8.29. The summed E-state index contributed by atoms with van der Waals surface area (Å²) in [6.07, 6.45) is 2.56. The molecule has 0 unspecified atom stereocenters. The first-order chi connectivity index (χ1) is 15.4. The van der Waals surface area contributed by atoms with Gasteiger partial charge in [0.25, 0.3) is 0 Å². The van der Waals surface area contributed by atoms with Crippen LogP contribution in [0, 0.1) is 0 Å². The van der Waals surface area contributed by atoms with Gasteiger partial charge in [-0.1, -0.05) is 0 Å². The van der Waals surface area contributed by atoms with E-state index in [0.717, 1.165) is 17.5 Å². The van der Waals surface area contributed by atoms with E-state index in [9.17, 15) is 14.0 Å². The summed E-state index contributed by atoms with van der Waals surface area (Å²) in [6, 6.07) is 5.20. The highest BCUT2D eigenvalue weighted by Crippen LogP contribution is 2.51. The normalized spacial score (nSPS) is 20.8. The molecule has 1 aromatic carbocycles. The molecular formula is C24H28FNO6. The topological polar surface area (TPSA) is 76.0 Å². The maximum absolute atomic E-state index is 14.1. The summed E-state index contributed by atoms with van der Waals surface area (Å²) in [7, 11) is 3.20. The molecule has 1 saturated carbocycles. The van der Waals surface area contributed by atoms with Crippen molar-refractivity contribution in [1.82, 2.24) is 4.57 Å². The van der Waals surface area contributed by atoms with Crippen LogP contribution in [0.25, 0.3) is 11.3 Å².